The van der Waals surface area contributed by atoms with E-state index in [2.05, 4.69) is 11.4 Å². The van der Waals surface area contributed by atoms with Crippen molar-refractivity contribution < 1.29 is 0 Å². The molecule has 17 heavy (non-hydrogen) atoms. The van der Waals surface area contributed by atoms with Crippen molar-refractivity contribution in [3.63, 3.8) is 0 Å². The Morgan fingerprint density at radius 1 is 1.18 bits per heavy atom. The lowest BCUT2D eigenvalue weighted by Gasteiger charge is -2.38. The molecule has 3 N–H and O–H groups in total. The van der Waals surface area contributed by atoms with Crippen molar-refractivity contribution in [2.45, 2.75) is 44.2 Å². The van der Waals surface area contributed by atoms with Crippen LogP contribution < -0.4 is 11.1 Å². The lowest BCUT2D eigenvalue weighted by atomic mass is 9.80. The number of fused-ring (bicyclic) bond motifs is 2. The first-order valence-corrected chi connectivity index (χ1v) is 6.95. The minimum absolute atomic E-state index is 0.173. The van der Waals surface area contributed by atoms with Gasteiger partial charge in [-0.1, -0.05) is 36.9 Å². The van der Waals surface area contributed by atoms with Crippen molar-refractivity contribution in [3.05, 3.63) is 28.8 Å². The molecular formula is C14H19ClN2. The molecule has 1 aromatic carbocycles. The van der Waals surface area contributed by atoms with Crippen molar-refractivity contribution in [2.75, 3.05) is 5.32 Å². The van der Waals surface area contributed by atoms with Crippen LogP contribution in [0.1, 0.15) is 43.7 Å². The number of hydrogen-bond acceptors (Lipinski definition) is 2. The molecule has 0 saturated heterocycles. The molecule has 1 heterocycles. The minimum Gasteiger partial charge on any atom is -0.382 e. The molecule has 0 spiro atoms. The average molecular weight is 251 g/mol. The van der Waals surface area contributed by atoms with Gasteiger partial charge >= 0.3 is 0 Å². The molecule has 2 nitrogen and oxygen atoms in total. The smallest absolute Gasteiger partial charge is 0.0426 e. The molecule has 2 aliphatic rings. The third-order valence-corrected chi connectivity index (χ3v) is 4.48. The molecule has 3 heteroatoms. The second kappa shape index (κ2) is 4.51. The number of anilines is 1. The van der Waals surface area contributed by atoms with Crippen molar-refractivity contribution in [1.29, 1.82) is 0 Å². The molecule has 3 rings (SSSR count). The Morgan fingerprint density at radius 3 is 2.88 bits per heavy atom. The highest BCUT2D eigenvalue weighted by Gasteiger charge is 2.34. The molecule has 3 unspecified atom stereocenters. The first kappa shape index (κ1) is 11.4. The van der Waals surface area contributed by atoms with Crippen LogP contribution in [0.5, 0.6) is 0 Å². The number of nitrogens with one attached hydrogen (secondary N) is 1. The third kappa shape index (κ3) is 2.04. The Hall–Kier alpha value is -0.730. The van der Waals surface area contributed by atoms with Crippen LogP contribution in [-0.4, -0.2) is 6.04 Å². The van der Waals surface area contributed by atoms with Gasteiger partial charge in [-0.25, -0.2) is 0 Å². The van der Waals surface area contributed by atoms with Gasteiger partial charge in [0.1, 0.15) is 0 Å². The molecule has 92 valence electrons. The highest BCUT2D eigenvalue weighted by atomic mass is 35.5. The van der Waals surface area contributed by atoms with Gasteiger partial charge in [0.15, 0.2) is 0 Å². The first-order chi connectivity index (χ1) is 8.25. The van der Waals surface area contributed by atoms with Crippen molar-refractivity contribution in [1.82, 2.24) is 0 Å². The van der Waals surface area contributed by atoms with Crippen molar-refractivity contribution >= 4 is 17.3 Å². The van der Waals surface area contributed by atoms with E-state index in [1.54, 1.807) is 0 Å². The number of halogens is 1. The van der Waals surface area contributed by atoms with E-state index in [0.717, 1.165) is 10.7 Å². The predicted molar refractivity (Wildman–Crippen MR) is 72.4 cm³/mol. The zero-order chi connectivity index (χ0) is 11.8. The molecule has 1 aliphatic heterocycles. The Balaban J connectivity index is 1.97. The SMILES string of the molecule is NC1c2ccc(Cl)cc2NC2CCCCCC21. The van der Waals surface area contributed by atoms with E-state index in [9.17, 15) is 0 Å². The van der Waals surface area contributed by atoms with E-state index < -0.39 is 0 Å². The van der Waals surface area contributed by atoms with Gasteiger partial charge in [-0.05, 0) is 36.5 Å². The van der Waals surface area contributed by atoms with E-state index in [0.29, 0.717) is 12.0 Å². The van der Waals surface area contributed by atoms with Gasteiger partial charge in [0.05, 0.1) is 0 Å². The van der Waals surface area contributed by atoms with Gasteiger partial charge in [0.25, 0.3) is 0 Å². The fourth-order valence-electron chi connectivity index (χ4n) is 3.32. The summed E-state index contributed by atoms with van der Waals surface area (Å²) in [5, 5.41) is 4.43. The topological polar surface area (TPSA) is 38.0 Å². The van der Waals surface area contributed by atoms with Gasteiger partial charge in [0.2, 0.25) is 0 Å². The summed E-state index contributed by atoms with van der Waals surface area (Å²) in [6.45, 7) is 0. The average Bonchev–Trinajstić information content (AvgIpc) is 2.54. The maximum atomic E-state index is 6.44. The molecule has 0 amide bonds. The van der Waals surface area contributed by atoms with E-state index >= 15 is 0 Å². The number of hydrogen-bond donors (Lipinski definition) is 2. The van der Waals surface area contributed by atoms with Gasteiger partial charge < -0.3 is 11.1 Å². The zero-order valence-corrected chi connectivity index (χ0v) is 10.7. The van der Waals surface area contributed by atoms with Gasteiger partial charge in [-0.15, -0.1) is 0 Å². The van der Waals surface area contributed by atoms with Crippen LogP contribution in [0.2, 0.25) is 5.02 Å². The Morgan fingerprint density at radius 2 is 2.00 bits per heavy atom. The Labute approximate surface area is 108 Å². The van der Waals surface area contributed by atoms with Crippen LogP contribution in [0.3, 0.4) is 0 Å². The van der Waals surface area contributed by atoms with Crippen LogP contribution in [0.15, 0.2) is 18.2 Å². The maximum absolute atomic E-state index is 6.44. The summed E-state index contributed by atoms with van der Waals surface area (Å²) in [6.07, 6.45) is 6.47. The number of benzene rings is 1. The van der Waals surface area contributed by atoms with Crippen LogP contribution >= 0.6 is 11.6 Å². The summed E-state index contributed by atoms with van der Waals surface area (Å²) in [6, 6.07) is 6.75. The molecule has 1 aliphatic carbocycles. The Bertz CT molecular complexity index is 419. The van der Waals surface area contributed by atoms with Gasteiger partial charge in [-0.2, -0.15) is 0 Å². The van der Waals surface area contributed by atoms with Crippen LogP contribution in [0.25, 0.3) is 0 Å². The molecule has 1 saturated carbocycles. The fraction of sp³-hybridized carbons (Fsp3) is 0.571. The zero-order valence-electron chi connectivity index (χ0n) is 9.95. The predicted octanol–water partition coefficient (Wildman–Crippen LogP) is 3.71. The summed E-state index contributed by atoms with van der Waals surface area (Å²) in [4.78, 5) is 0. The lowest BCUT2D eigenvalue weighted by molar-refractivity contribution is 0.340. The highest BCUT2D eigenvalue weighted by molar-refractivity contribution is 6.30. The number of nitrogens with two attached hydrogens (primary N) is 1. The van der Waals surface area contributed by atoms with Gasteiger partial charge in [-0.3, -0.25) is 0 Å². The summed E-state index contributed by atoms with van der Waals surface area (Å²) in [7, 11) is 0. The number of rotatable bonds is 0. The van der Waals surface area contributed by atoms with E-state index in [-0.39, 0.29) is 6.04 Å². The quantitative estimate of drug-likeness (QED) is 0.737. The van der Waals surface area contributed by atoms with Crippen molar-refractivity contribution in [2.24, 2.45) is 11.7 Å². The molecule has 1 fully saturated rings. The molecule has 3 atom stereocenters. The minimum atomic E-state index is 0.173. The van der Waals surface area contributed by atoms with Gasteiger partial charge in [0, 0.05) is 22.8 Å². The Kier molecular flexibility index (Phi) is 3.01. The summed E-state index contributed by atoms with van der Waals surface area (Å²) < 4.78 is 0. The van der Waals surface area contributed by atoms with E-state index in [4.69, 9.17) is 17.3 Å². The second-order valence-corrected chi connectivity index (χ2v) is 5.75. The van der Waals surface area contributed by atoms with E-state index in [1.165, 1.54) is 37.7 Å². The van der Waals surface area contributed by atoms with Crippen LogP contribution in [0.4, 0.5) is 5.69 Å². The van der Waals surface area contributed by atoms with Crippen LogP contribution in [0, 0.1) is 5.92 Å². The maximum Gasteiger partial charge on any atom is 0.0426 e. The van der Waals surface area contributed by atoms with Crippen molar-refractivity contribution in [3.8, 4) is 0 Å². The molecule has 1 aromatic rings. The first-order valence-electron chi connectivity index (χ1n) is 6.57. The normalized spacial score (nSPS) is 32.0. The third-order valence-electron chi connectivity index (χ3n) is 4.25. The molecule has 0 aromatic heterocycles. The summed E-state index contributed by atoms with van der Waals surface area (Å²) in [5.41, 5.74) is 8.82. The monoisotopic (exact) mass is 250 g/mol. The molecular weight excluding hydrogens is 232 g/mol. The molecule has 0 radical (unpaired) electrons. The summed E-state index contributed by atoms with van der Waals surface area (Å²) in [5.74, 6) is 0.589. The fourth-order valence-corrected chi connectivity index (χ4v) is 3.49. The largest absolute Gasteiger partial charge is 0.382 e. The standard InChI is InChI=1S/C14H19ClN2/c15-9-6-7-11-13(8-9)17-12-5-3-1-2-4-10(12)14(11)16/h6-8,10,12,14,17H,1-5,16H2. The highest BCUT2D eigenvalue weighted by Crippen LogP contribution is 2.41. The molecule has 0 bridgehead atoms. The van der Waals surface area contributed by atoms with E-state index in [1.807, 2.05) is 12.1 Å². The second-order valence-electron chi connectivity index (χ2n) is 5.31. The lowest BCUT2D eigenvalue weighted by Crippen LogP contribution is -2.40. The summed E-state index contributed by atoms with van der Waals surface area (Å²) >= 11 is 6.05. The van der Waals surface area contributed by atoms with Crippen LogP contribution in [-0.2, 0) is 0 Å².